The van der Waals surface area contributed by atoms with Crippen molar-refractivity contribution < 1.29 is 18.3 Å². The fraction of sp³-hybridized carbons (Fsp3) is 0.571. The van der Waals surface area contributed by atoms with Crippen molar-refractivity contribution in [2.75, 3.05) is 24.7 Å². The largest absolute Gasteiger partial charge is 0.491 e. The normalized spacial score (nSPS) is 25.7. The predicted octanol–water partition coefficient (Wildman–Crippen LogP) is 1.36. The van der Waals surface area contributed by atoms with Crippen molar-refractivity contribution in [1.29, 1.82) is 0 Å². The second kappa shape index (κ2) is 6.64. The van der Waals surface area contributed by atoms with E-state index in [0.29, 0.717) is 18.7 Å². The van der Waals surface area contributed by atoms with Gasteiger partial charge in [-0.3, -0.25) is 0 Å². The summed E-state index contributed by atoms with van der Waals surface area (Å²) in [4.78, 5) is 0. The third-order valence-corrected chi connectivity index (χ3v) is 5.90. The number of halogens is 1. The van der Waals surface area contributed by atoms with Crippen LogP contribution in [0, 0.1) is 0 Å². The molecule has 2 rings (SSSR count). The van der Waals surface area contributed by atoms with Gasteiger partial charge in [0.2, 0.25) is 0 Å². The van der Waals surface area contributed by atoms with E-state index in [0.717, 1.165) is 4.47 Å². The molecule has 1 heterocycles. The van der Waals surface area contributed by atoms with E-state index in [9.17, 15) is 13.5 Å². The molecule has 0 spiro atoms. The van der Waals surface area contributed by atoms with Gasteiger partial charge in [-0.2, -0.15) is 0 Å². The minimum absolute atomic E-state index is 0.124. The molecule has 2 N–H and O–H groups in total. The first-order valence-electron chi connectivity index (χ1n) is 6.80. The SMILES string of the molecule is CC1(NCC(O)COc2cccc(Br)c2)CCS(=O)(=O)C1. The number of aliphatic hydroxyl groups is 1. The highest BCUT2D eigenvalue weighted by Gasteiger charge is 2.38. The average Bonchev–Trinajstić information content (AvgIpc) is 2.69. The lowest BCUT2D eigenvalue weighted by Crippen LogP contribution is -2.47. The molecule has 1 aromatic rings. The van der Waals surface area contributed by atoms with E-state index in [2.05, 4.69) is 21.2 Å². The highest BCUT2D eigenvalue weighted by atomic mass is 79.9. The Morgan fingerprint density at radius 1 is 1.52 bits per heavy atom. The summed E-state index contributed by atoms with van der Waals surface area (Å²) in [5, 5.41) is 13.1. The van der Waals surface area contributed by atoms with E-state index in [4.69, 9.17) is 4.74 Å². The molecule has 0 radical (unpaired) electrons. The Labute approximate surface area is 133 Å². The van der Waals surface area contributed by atoms with Gasteiger partial charge in [-0.1, -0.05) is 22.0 Å². The molecule has 1 aromatic carbocycles. The zero-order chi connectivity index (χ0) is 15.5. The van der Waals surface area contributed by atoms with Crippen LogP contribution in [0.15, 0.2) is 28.7 Å². The van der Waals surface area contributed by atoms with Gasteiger partial charge in [0.1, 0.15) is 18.5 Å². The molecule has 21 heavy (non-hydrogen) atoms. The summed E-state index contributed by atoms with van der Waals surface area (Å²) in [7, 11) is -2.94. The molecule has 0 aliphatic carbocycles. The highest BCUT2D eigenvalue weighted by Crippen LogP contribution is 2.22. The third kappa shape index (κ3) is 5.25. The standard InChI is InChI=1S/C14H20BrNO4S/c1-14(5-6-21(18,19)10-14)16-8-12(17)9-20-13-4-2-3-11(15)7-13/h2-4,7,12,16-17H,5-6,8-10H2,1H3. The Morgan fingerprint density at radius 2 is 2.29 bits per heavy atom. The summed E-state index contributed by atoms with van der Waals surface area (Å²) < 4.78 is 29.4. The summed E-state index contributed by atoms with van der Waals surface area (Å²) in [6.07, 6.45) is -0.113. The molecule has 0 bridgehead atoms. The second-order valence-corrected chi connectivity index (χ2v) is 8.81. The lowest BCUT2D eigenvalue weighted by molar-refractivity contribution is 0.0993. The first-order chi connectivity index (χ1) is 9.78. The zero-order valence-electron chi connectivity index (χ0n) is 11.9. The molecule has 2 unspecified atom stereocenters. The van der Waals surface area contributed by atoms with Crippen LogP contribution in [0.1, 0.15) is 13.3 Å². The summed E-state index contributed by atoms with van der Waals surface area (Å²) in [6.45, 7) is 2.34. The molecule has 118 valence electrons. The number of benzene rings is 1. The van der Waals surface area contributed by atoms with Gasteiger partial charge in [-0.15, -0.1) is 0 Å². The Balaban J connectivity index is 1.76. The topological polar surface area (TPSA) is 75.6 Å². The zero-order valence-corrected chi connectivity index (χ0v) is 14.3. The van der Waals surface area contributed by atoms with Crippen molar-refractivity contribution in [3.8, 4) is 5.75 Å². The van der Waals surface area contributed by atoms with Crippen molar-refractivity contribution in [3.05, 3.63) is 28.7 Å². The number of nitrogens with one attached hydrogen (secondary N) is 1. The van der Waals surface area contributed by atoms with Crippen LogP contribution in [0.5, 0.6) is 5.75 Å². The van der Waals surface area contributed by atoms with E-state index in [1.54, 1.807) is 0 Å². The minimum Gasteiger partial charge on any atom is -0.491 e. The van der Waals surface area contributed by atoms with Crippen molar-refractivity contribution in [3.63, 3.8) is 0 Å². The van der Waals surface area contributed by atoms with Gasteiger partial charge < -0.3 is 15.2 Å². The molecule has 5 nitrogen and oxygen atoms in total. The molecule has 1 fully saturated rings. The molecular formula is C14H20BrNO4S. The first kappa shape index (κ1) is 16.7. The Morgan fingerprint density at radius 3 is 2.90 bits per heavy atom. The molecule has 0 aromatic heterocycles. The average molecular weight is 378 g/mol. The maximum atomic E-state index is 11.5. The summed E-state index contributed by atoms with van der Waals surface area (Å²) in [5.74, 6) is 1.01. The molecule has 7 heteroatoms. The Hall–Kier alpha value is -0.630. The molecule has 1 saturated heterocycles. The predicted molar refractivity (Wildman–Crippen MR) is 85.3 cm³/mol. The number of aliphatic hydroxyl groups excluding tert-OH is 1. The first-order valence-corrected chi connectivity index (χ1v) is 9.41. The van der Waals surface area contributed by atoms with Crippen LogP contribution in [0.25, 0.3) is 0 Å². The van der Waals surface area contributed by atoms with Crippen LogP contribution in [-0.2, 0) is 9.84 Å². The maximum Gasteiger partial charge on any atom is 0.152 e. The van der Waals surface area contributed by atoms with E-state index < -0.39 is 21.5 Å². The van der Waals surface area contributed by atoms with Crippen LogP contribution < -0.4 is 10.1 Å². The molecule has 2 atom stereocenters. The van der Waals surface area contributed by atoms with Crippen molar-refractivity contribution in [1.82, 2.24) is 5.32 Å². The number of hydrogen-bond acceptors (Lipinski definition) is 5. The maximum absolute atomic E-state index is 11.5. The van der Waals surface area contributed by atoms with Crippen LogP contribution in [0.2, 0.25) is 0 Å². The van der Waals surface area contributed by atoms with E-state index in [-0.39, 0.29) is 18.1 Å². The summed E-state index contributed by atoms with van der Waals surface area (Å²) in [6, 6.07) is 7.39. The lowest BCUT2D eigenvalue weighted by atomic mass is 10.0. The van der Waals surface area contributed by atoms with Crippen LogP contribution in [0.4, 0.5) is 0 Å². The monoisotopic (exact) mass is 377 g/mol. The van der Waals surface area contributed by atoms with Gasteiger partial charge in [0.05, 0.1) is 11.5 Å². The lowest BCUT2D eigenvalue weighted by Gasteiger charge is -2.25. The highest BCUT2D eigenvalue weighted by molar-refractivity contribution is 9.10. The van der Waals surface area contributed by atoms with E-state index in [1.807, 2.05) is 31.2 Å². The number of sulfone groups is 1. The number of β-amino-alcohol motifs (C(OH)–C–C–N with tert-alkyl or cyclic N) is 1. The number of rotatable bonds is 6. The quantitative estimate of drug-likeness (QED) is 0.782. The minimum atomic E-state index is -2.94. The van der Waals surface area contributed by atoms with Gasteiger partial charge in [0, 0.05) is 16.6 Å². The van der Waals surface area contributed by atoms with Gasteiger partial charge in [-0.25, -0.2) is 8.42 Å². The van der Waals surface area contributed by atoms with Crippen LogP contribution in [0.3, 0.4) is 0 Å². The smallest absolute Gasteiger partial charge is 0.152 e. The molecule has 1 aliphatic heterocycles. The second-order valence-electron chi connectivity index (χ2n) is 5.71. The molecular weight excluding hydrogens is 358 g/mol. The summed E-state index contributed by atoms with van der Waals surface area (Å²) in [5.41, 5.74) is -0.449. The molecule has 1 aliphatic rings. The molecule has 0 saturated carbocycles. The Bertz CT molecular complexity index is 592. The summed E-state index contributed by atoms with van der Waals surface area (Å²) >= 11 is 3.35. The van der Waals surface area contributed by atoms with Gasteiger partial charge >= 0.3 is 0 Å². The van der Waals surface area contributed by atoms with Gasteiger partial charge in [-0.05, 0) is 31.5 Å². The van der Waals surface area contributed by atoms with E-state index >= 15 is 0 Å². The van der Waals surface area contributed by atoms with Gasteiger partial charge in [0.15, 0.2) is 9.84 Å². The number of hydrogen-bond donors (Lipinski definition) is 2. The van der Waals surface area contributed by atoms with Crippen molar-refractivity contribution in [2.45, 2.75) is 25.0 Å². The van der Waals surface area contributed by atoms with Gasteiger partial charge in [0.25, 0.3) is 0 Å². The van der Waals surface area contributed by atoms with Crippen LogP contribution in [-0.4, -0.2) is 49.8 Å². The van der Waals surface area contributed by atoms with E-state index in [1.165, 1.54) is 0 Å². The van der Waals surface area contributed by atoms with Crippen molar-refractivity contribution >= 4 is 25.8 Å². The fourth-order valence-electron chi connectivity index (χ4n) is 2.32. The molecule has 0 amide bonds. The fourth-order valence-corrected chi connectivity index (χ4v) is 4.82. The van der Waals surface area contributed by atoms with Crippen LogP contribution >= 0.6 is 15.9 Å². The third-order valence-electron chi connectivity index (χ3n) is 3.51. The Kier molecular flexibility index (Phi) is 5.29. The number of ether oxygens (including phenoxy) is 1. The van der Waals surface area contributed by atoms with Crippen molar-refractivity contribution in [2.24, 2.45) is 0 Å².